The lowest BCUT2D eigenvalue weighted by molar-refractivity contribution is 0.600. The molecule has 0 spiro atoms. The van der Waals surface area contributed by atoms with Gasteiger partial charge in [-0.2, -0.15) is 4.98 Å². The molecule has 98 valence electrons. The normalized spacial score (nSPS) is 12.8. The molecule has 0 amide bonds. The van der Waals surface area contributed by atoms with Crippen molar-refractivity contribution in [1.82, 2.24) is 15.2 Å². The lowest BCUT2D eigenvalue weighted by Crippen LogP contribution is -2.00. The van der Waals surface area contributed by atoms with E-state index in [0.29, 0.717) is 10.9 Å². The first kappa shape index (κ1) is 14.2. The van der Waals surface area contributed by atoms with Crippen LogP contribution in [0.5, 0.6) is 0 Å². The minimum atomic E-state index is -1.08. The number of aromatic nitrogens is 3. The maximum absolute atomic E-state index is 11.7. The molecule has 0 aliphatic carbocycles. The number of hydrogen-bond acceptors (Lipinski definition) is 4. The van der Waals surface area contributed by atoms with Crippen LogP contribution in [0.25, 0.3) is 0 Å². The average molecular weight is 258 g/mol. The first-order chi connectivity index (χ1) is 8.24. The summed E-state index contributed by atoms with van der Waals surface area (Å²) in [6, 6.07) is 0. The van der Waals surface area contributed by atoms with Crippen molar-refractivity contribution in [1.29, 1.82) is 0 Å². The quantitative estimate of drug-likeness (QED) is 0.665. The van der Waals surface area contributed by atoms with Crippen LogP contribution in [0.2, 0.25) is 0 Å². The number of rotatable bonds is 9. The number of nitrogens with zero attached hydrogens (tertiary/aromatic N) is 2. The SMILES string of the molecule is CCCCCCCCCS(=O)c1nc(N)n[nH]1. The van der Waals surface area contributed by atoms with Crippen LogP contribution < -0.4 is 5.73 Å². The standard InChI is InChI=1S/C11H22N4OS/c1-2-3-4-5-6-7-8-9-17(16)11-13-10(12)14-15-11/h2-9H2,1H3,(H3,12,13,14,15). The number of hydrogen-bond donors (Lipinski definition) is 2. The van der Waals surface area contributed by atoms with Gasteiger partial charge in [0, 0.05) is 5.75 Å². The Morgan fingerprint density at radius 1 is 1.18 bits per heavy atom. The molecule has 0 saturated carbocycles. The Bertz CT molecular complexity index is 340. The third-order valence-electron chi connectivity index (χ3n) is 2.63. The molecule has 0 fully saturated rings. The Morgan fingerprint density at radius 2 is 1.82 bits per heavy atom. The minimum absolute atomic E-state index is 0.160. The van der Waals surface area contributed by atoms with Crippen LogP contribution in [0.1, 0.15) is 51.9 Å². The molecule has 6 heteroatoms. The number of unbranched alkanes of at least 4 members (excludes halogenated alkanes) is 6. The van der Waals surface area contributed by atoms with E-state index >= 15 is 0 Å². The fraction of sp³-hybridized carbons (Fsp3) is 0.818. The summed E-state index contributed by atoms with van der Waals surface area (Å²) in [6.45, 7) is 2.21. The van der Waals surface area contributed by atoms with E-state index in [4.69, 9.17) is 5.73 Å². The van der Waals surface area contributed by atoms with E-state index in [1.165, 1.54) is 32.1 Å². The van der Waals surface area contributed by atoms with E-state index < -0.39 is 10.8 Å². The predicted molar refractivity (Wildman–Crippen MR) is 70.1 cm³/mol. The summed E-state index contributed by atoms with van der Waals surface area (Å²) in [5.41, 5.74) is 5.35. The lowest BCUT2D eigenvalue weighted by atomic mass is 10.1. The second-order valence-corrected chi connectivity index (χ2v) is 5.66. The summed E-state index contributed by atoms with van der Waals surface area (Å²) < 4.78 is 11.7. The van der Waals surface area contributed by atoms with Gasteiger partial charge in [0.15, 0.2) is 0 Å². The highest BCUT2D eigenvalue weighted by Crippen LogP contribution is 2.09. The second-order valence-electron chi connectivity index (χ2n) is 4.17. The smallest absolute Gasteiger partial charge is 0.240 e. The summed E-state index contributed by atoms with van der Waals surface area (Å²) in [7, 11) is -1.08. The molecule has 0 aliphatic heterocycles. The highest BCUT2D eigenvalue weighted by atomic mass is 32.2. The Balaban J connectivity index is 2.05. The van der Waals surface area contributed by atoms with E-state index in [9.17, 15) is 4.21 Å². The van der Waals surface area contributed by atoms with Crippen molar-refractivity contribution in [3.8, 4) is 0 Å². The molecule has 1 aromatic heterocycles. The van der Waals surface area contributed by atoms with Gasteiger partial charge < -0.3 is 5.73 Å². The molecule has 1 aromatic rings. The highest BCUT2D eigenvalue weighted by Gasteiger charge is 2.07. The summed E-state index contributed by atoms with van der Waals surface area (Å²) in [5, 5.41) is 6.65. The fourth-order valence-corrected chi connectivity index (χ4v) is 2.65. The molecule has 1 atom stereocenters. The van der Waals surface area contributed by atoms with Crippen LogP contribution in [0.3, 0.4) is 0 Å². The number of nitrogen functional groups attached to an aromatic ring is 1. The zero-order valence-corrected chi connectivity index (χ0v) is 11.3. The van der Waals surface area contributed by atoms with Gasteiger partial charge in [-0.05, 0) is 6.42 Å². The van der Waals surface area contributed by atoms with Crippen molar-refractivity contribution in [2.45, 2.75) is 57.0 Å². The molecule has 1 heterocycles. The van der Waals surface area contributed by atoms with E-state index in [1.54, 1.807) is 0 Å². The van der Waals surface area contributed by atoms with Crippen molar-refractivity contribution in [3.63, 3.8) is 0 Å². The average Bonchev–Trinajstić information content (AvgIpc) is 2.74. The van der Waals surface area contributed by atoms with Gasteiger partial charge in [0.25, 0.3) is 0 Å². The molecule has 0 bridgehead atoms. The number of nitrogens with one attached hydrogen (secondary N) is 1. The summed E-state index contributed by atoms with van der Waals surface area (Å²) >= 11 is 0. The van der Waals surface area contributed by atoms with Gasteiger partial charge in [0.1, 0.15) is 0 Å². The number of anilines is 1. The van der Waals surface area contributed by atoms with E-state index in [-0.39, 0.29) is 5.95 Å². The topological polar surface area (TPSA) is 84.7 Å². The first-order valence-electron chi connectivity index (χ1n) is 6.30. The summed E-state index contributed by atoms with van der Waals surface area (Å²) in [5.74, 6) is 0.801. The van der Waals surface area contributed by atoms with Gasteiger partial charge in [-0.1, -0.05) is 45.4 Å². The van der Waals surface area contributed by atoms with Crippen LogP contribution in [-0.2, 0) is 10.8 Å². The largest absolute Gasteiger partial charge is 0.366 e. The third kappa shape index (κ3) is 5.81. The van der Waals surface area contributed by atoms with Gasteiger partial charge in [-0.15, -0.1) is 5.10 Å². The Labute approximate surface area is 105 Å². The maximum atomic E-state index is 11.7. The lowest BCUT2D eigenvalue weighted by Gasteiger charge is -2.00. The van der Waals surface area contributed by atoms with Gasteiger partial charge in [-0.25, -0.2) is 0 Å². The Kier molecular flexibility index (Phi) is 6.84. The number of H-pyrrole nitrogens is 1. The van der Waals surface area contributed by atoms with Crippen molar-refractivity contribution in [2.75, 3.05) is 11.5 Å². The fourth-order valence-electron chi connectivity index (χ4n) is 1.65. The van der Waals surface area contributed by atoms with Crippen molar-refractivity contribution >= 4 is 16.7 Å². The molecule has 0 aromatic carbocycles. The van der Waals surface area contributed by atoms with Gasteiger partial charge >= 0.3 is 0 Å². The monoisotopic (exact) mass is 258 g/mol. The van der Waals surface area contributed by atoms with Crippen LogP contribution >= 0.6 is 0 Å². The molecule has 1 unspecified atom stereocenters. The van der Waals surface area contributed by atoms with Crippen molar-refractivity contribution in [3.05, 3.63) is 0 Å². The van der Waals surface area contributed by atoms with E-state index in [2.05, 4.69) is 22.1 Å². The molecular weight excluding hydrogens is 236 g/mol. The van der Waals surface area contributed by atoms with Crippen LogP contribution in [0.4, 0.5) is 5.95 Å². The van der Waals surface area contributed by atoms with E-state index in [1.807, 2.05) is 0 Å². The molecule has 3 N–H and O–H groups in total. The van der Waals surface area contributed by atoms with Crippen molar-refractivity contribution in [2.24, 2.45) is 0 Å². The Hall–Kier alpha value is -0.910. The van der Waals surface area contributed by atoms with Crippen molar-refractivity contribution < 1.29 is 4.21 Å². The molecule has 17 heavy (non-hydrogen) atoms. The van der Waals surface area contributed by atoms with Crippen LogP contribution in [0.15, 0.2) is 5.16 Å². The molecule has 0 aliphatic rings. The number of nitrogens with two attached hydrogens (primary N) is 1. The molecule has 5 nitrogen and oxygen atoms in total. The van der Waals surface area contributed by atoms with E-state index in [0.717, 1.165) is 12.8 Å². The summed E-state index contributed by atoms with van der Waals surface area (Å²) in [6.07, 6.45) is 8.54. The predicted octanol–water partition coefficient (Wildman–Crippen LogP) is 2.25. The van der Waals surface area contributed by atoms with Crippen LogP contribution in [-0.4, -0.2) is 25.1 Å². The minimum Gasteiger partial charge on any atom is -0.366 e. The zero-order chi connectivity index (χ0) is 12.5. The highest BCUT2D eigenvalue weighted by molar-refractivity contribution is 7.84. The zero-order valence-electron chi connectivity index (χ0n) is 10.4. The van der Waals surface area contributed by atoms with Gasteiger partial charge in [-0.3, -0.25) is 9.31 Å². The molecule has 1 rings (SSSR count). The first-order valence-corrected chi connectivity index (χ1v) is 7.62. The second kappa shape index (κ2) is 8.22. The molecule has 0 saturated heterocycles. The number of aromatic amines is 1. The summed E-state index contributed by atoms with van der Waals surface area (Å²) in [4.78, 5) is 3.86. The van der Waals surface area contributed by atoms with Gasteiger partial charge in [0.05, 0.1) is 10.8 Å². The third-order valence-corrected chi connectivity index (χ3v) is 3.90. The maximum Gasteiger partial charge on any atom is 0.240 e. The van der Waals surface area contributed by atoms with Gasteiger partial charge in [0.2, 0.25) is 11.1 Å². The Morgan fingerprint density at radius 3 is 2.41 bits per heavy atom. The molecule has 0 radical (unpaired) electrons. The molecular formula is C11H22N4OS. The van der Waals surface area contributed by atoms with Crippen LogP contribution in [0, 0.1) is 0 Å².